The van der Waals surface area contributed by atoms with Gasteiger partial charge in [-0.25, -0.2) is 18.7 Å². The highest BCUT2D eigenvalue weighted by Gasteiger charge is 2.25. The predicted molar refractivity (Wildman–Crippen MR) is 159 cm³/mol. The number of fused-ring (bicyclic) bond motifs is 3. The molecule has 0 fully saturated rings. The van der Waals surface area contributed by atoms with Gasteiger partial charge in [0.1, 0.15) is 11.6 Å². The number of benzene rings is 3. The van der Waals surface area contributed by atoms with Gasteiger partial charge in [-0.15, -0.1) is 0 Å². The van der Waals surface area contributed by atoms with Crippen LogP contribution in [-0.2, 0) is 6.54 Å². The Bertz CT molecular complexity index is 1620. The quantitative estimate of drug-likeness (QED) is 0.235. The molecule has 3 aromatic carbocycles. The van der Waals surface area contributed by atoms with Gasteiger partial charge in [-0.3, -0.25) is 9.79 Å². The Morgan fingerprint density at radius 3 is 2.56 bits per heavy atom. The van der Waals surface area contributed by atoms with Gasteiger partial charge in [-0.1, -0.05) is 43.6 Å². The standard InChI is InChI=1S/C32H30ClF2N5O/c1-19(2)7-6-14-40(3)31(41)20-8-4-9-23(15-20)38-32-37-18-21-17-36-30(28-26(34)10-5-11-27(28)35)25-16-22(33)12-13-24(25)29(21)39-32/h4-5,8-13,15-16,18-19H,6-7,14,17H2,1-3H3,(H,37,38,39). The molecule has 1 aliphatic heterocycles. The van der Waals surface area contributed by atoms with Crippen LogP contribution in [0.1, 0.15) is 53.7 Å². The van der Waals surface area contributed by atoms with Gasteiger partial charge in [0.15, 0.2) is 0 Å². The number of halogens is 3. The summed E-state index contributed by atoms with van der Waals surface area (Å²) in [6.07, 6.45) is 3.65. The average Bonchev–Trinajstić information content (AvgIpc) is 3.09. The summed E-state index contributed by atoms with van der Waals surface area (Å²) in [5.74, 6) is -0.589. The lowest BCUT2D eigenvalue weighted by Gasteiger charge is -2.18. The van der Waals surface area contributed by atoms with E-state index in [4.69, 9.17) is 16.6 Å². The van der Waals surface area contributed by atoms with Gasteiger partial charge < -0.3 is 10.2 Å². The van der Waals surface area contributed by atoms with Crippen molar-refractivity contribution in [2.45, 2.75) is 33.2 Å². The number of aliphatic imine (C=N–C) groups is 1. The van der Waals surface area contributed by atoms with Crippen molar-refractivity contribution in [3.8, 4) is 11.3 Å². The summed E-state index contributed by atoms with van der Waals surface area (Å²) < 4.78 is 29.6. The lowest BCUT2D eigenvalue weighted by molar-refractivity contribution is 0.0791. The first kappa shape index (κ1) is 28.4. The molecule has 2 heterocycles. The third kappa shape index (κ3) is 6.28. The molecule has 4 aromatic rings. The van der Waals surface area contributed by atoms with Crippen molar-refractivity contribution in [3.63, 3.8) is 0 Å². The van der Waals surface area contributed by atoms with Gasteiger partial charge >= 0.3 is 0 Å². The van der Waals surface area contributed by atoms with Crippen LogP contribution >= 0.6 is 11.6 Å². The summed E-state index contributed by atoms with van der Waals surface area (Å²) in [4.78, 5) is 28.5. The molecule has 0 atom stereocenters. The molecule has 1 amide bonds. The van der Waals surface area contributed by atoms with E-state index in [1.54, 1.807) is 47.5 Å². The summed E-state index contributed by atoms with van der Waals surface area (Å²) in [5.41, 5.74) is 3.52. The molecule has 1 aliphatic rings. The van der Waals surface area contributed by atoms with Gasteiger partial charge in [0, 0.05) is 52.8 Å². The molecule has 1 aromatic heterocycles. The highest BCUT2D eigenvalue weighted by molar-refractivity contribution is 6.31. The van der Waals surface area contributed by atoms with E-state index in [2.05, 4.69) is 29.1 Å². The maximum absolute atomic E-state index is 14.8. The maximum Gasteiger partial charge on any atom is 0.253 e. The fraction of sp³-hybridized carbons (Fsp3) is 0.250. The average molecular weight is 574 g/mol. The lowest BCUT2D eigenvalue weighted by atomic mass is 9.95. The van der Waals surface area contributed by atoms with Gasteiger partial charge in [0.25, 0.3) is 5.91 Å². The lowest BCUT2D eigenvalue weighted by Crippen LogP contribution is -2.27. The van der Waals surface area contributed by atoms with Gasteiger partial charge in [-0.2, -0.15) is 0 Å². The van der Waals surface area contributed by atoms with Crippen LogP contribution < -0.4 is 5.32 Å². The van der Waals surface area contributed by atoms with Crippen molar-refractivity contribution in [3.05, 3.63) is 106 Å². The Balaban J connectivity index is 1.44. The summed E-state index contributed by atoms with van der Waals surface area (Å²) >= 11 is 6.31. The first-order chi connectivity index (χ1) is 19.7. The summed E-state index contributed by atoms with van der Waals surface area (Å²) in [6, 6.07) is 16.0. The molecular weight excluding hydrogens is 544 g/mol. The first-order valence-electron chi connectivity index (χ1n) is 13.5. The number of aromatic nitrogens is 2. The van der Waals surface area contributed by atoms with E-state index in [0.717, 1.165) is 12.8 Å². The van der Waals surface area contributed by atoms with Gasteiger partial charge in [-0.05, 0) is 61.2 Å². The first-order valence-corrected chi connectivity index (χ1v) is 13.9. The van der Waals surface area contributed by atoms with E-state index < -0.39 is 11.6 Å². The minimum atomic E-state index is -0.714. The Labute approximate surface area is 243 Å². The zero-order valence-corrected chi connectivity index (χ0v) is 23.8. The summed E-state index contributed by atoms with van der Waals surface area (Å²) in [5, 5.41) is 3.60. The smallest absolute Gasteiger partial charge is 0.253 e. The van der Waals surface area contributed by atoms with E-state index >= 15 is 0 Å². The molecule has 1 N–H and O–H groups in total. The number of carbonyl (C=O) groups is 1. The molecule has 0 spiro atoms. The Hall–Kier alpha value is -4.17. The van der Waals surface area contributed by atoms with E-state index in [-0.39, 0.29) is 23.7 Å². The molecule has 5 rings (SSSR count). The Morgan fingerprint density at radius 1 is 1.05 bits per heavy atom. The van der Waals surface area contributed by atoms with Crippen molar-refractivity contribution in [2.75, 3.05) is 18.9 Å². The SMILES string of the molecule is CC(C)CCCN(C)C(=O)c1cccc(Nc2ncc3c(n2)-c2ccc(Cl)cc2C(c2c(F)cccc2F)=NC3)c1. The Morgan fingerprint density at radius 2 is 1.80 bits per heavy atom. The van der Waals surface area contributed by atoms with E-state index in [1.807, 2.05) is 13.1 Å². The summed E-state index contributed by atoms with van der Waals surface area (Å²) in [7, 11) is 1.81. The molecule has 9 heteroatoms. The normalized spacial score (nSPS) is 12.3. The molecule has 0 radical (unpaired) electrons. The maximum atomic E-state index is 14.8. The zero-order valence-electron chi connectivity index (χ0n) is 23.1. The van der Waals surface area contributed by atoms with E-state index in [9.17, 15) is 13.6 Å². The molecule has 0 saturated heterocycles. The number of rotatable bonds is 8. The van der Waals surface area contributed by atoms with Crippen LogP contribution in [0.15, 0.2) is 71.9 Å². The molecule has 6 nitrogen and oxygen atoms in total. The van der Waals surface area contributed by atoms with Crippen LogP contribution in [-0.4, -0.2) is 40.1 Å². The number of carbonyl (C=O) groups excluding carboxylic acids is 1. The second-order valence-electron chi connectivity index (χ2n) is 10.5. The second-order valence-corrected chi connectivity index (χ2v) is 10.9. The van der Waals surface area contributed by atoms with Gasteiger partial charge in [0.2, 0.25) is 5.95 Å². The van der Waals surface area contributed by atoms with Crippen molar-refractivity contribution in [2.24, 2.45) is 10.9 Å². The minimum absolute atomic E-state index is 0.0592. The molecule has 0 unspecified atom stereocenters. The highest BCUT2D eigenvalue weighted by Crippen LogP contribution is 2.34. The van der Waals surface area contributed by atoms with Crippen LogP contribution in [0.2, 0.25) is 5.02 Å². The van der Waals surface area contributed by atoms with Crippen molar-refractivity contribution in [1.29, 1.82) is 0 Å². The summed E-state index contributed by atoms with van der Waals surface area (Å²) in [6.45, 7) is 5.15. The predicted octanol–water partition coefficient (Wildman–Crippen LogP) is 7.68. The third-order valence-electron chi connectivity index (χ3n) is 6.95. The molecule has 0 bridgehead atoms. The van der Waals surface area contributed by atoms with Gasteiger partial charge in [0.05, 0.1) is 23.5 Å². The second kappa shape index (κ2) is 12.1. The fourth-order valence-corrected chi connectivity index (χ4v) is 5.01. The number of anilines is 2. The van der Waals surface area contributed by atoms with Crippen LogP contribution in [0.4, 0.5) is 20.4 Å². The number of hydrogen-bond donors (Lipinski definition) is 1. The number of hydrogen-bond acceptors (Lipinski definition) is 5. The molecular formula is C32H30ClF2N5O. The van der Waals surface area contributed by atoms with Crippen molar-refractivity contribution < 1.29 is 13.6 Å². The minimum Gasteiger partial charge on any atom is -0.342 e. The molecule has 0 saturated carbocycles. The Kier molecular flexibility index (Phi) is 8.40. The number of amides is 1. The highest BCUT2D eigenvalue weighted by atomic mass is 35.5. The van der Waals surface area contributed by atoms with E-state index in [0.29, 0.717) is 57.1 Å². The number of nitrogens with zero attached hydrogens (tertiary/aromatic N) is 4. The molecule has 210 valence electrons. The fourth-order valence-electron chi connectivity index (χ4n) is 4.84. The monoisotopic (exact) mass is 573 g/mol. The topological polar surface area (TPSA) is 70.5 Å². The van der Waals surface area contributed by atoms with Crippen LogP contribution in [0, 0.1) is 17.6 Å². The zero-order chi connectivity index (χ0) is 29.1. The van der Waals surface area contributed by atoms with E-state index in [1.165, 1.54) is 18.2 Å². The van der Waals surface area contributed by atoms with Crippen molar-refractivity contribution in [1.82, 2.24) is 14.9 Å². The van der Waals surface area contributed by atoms with Crippen molar-refractivity contribution >= 4 is 34.9 Å². The number of nitrogens with one attached hydrogen (secondary N) is 1. The van der Waals surface area contributed by atoms with Crippen LogP contribution in [0.3, 0.4) is 0 Å². The van der Waals surface area contributed by atoms with Crippen LogP contribution in [0.5, 0.6) is 0 Å². The molecule has 41 heavy (non-hydrogen) atoms. The van der Waals surface area contributed by atoms with Crippen LogP contribution in [0.25, 0.3) is 11.3 Å². The largest absolute Gasteiger partial charge is 0.342 e. The molecule has 0 aliphatic carbocycles. The third-order valence-corrected chi connectivity index (χ3v) is 7.19.